The molecule has 0 radical (unpaired) electrons. The average molecular weight is 490 g/mol. The minimum absolute atomic E-state index is 0.235. The number of nitrogens with zero attached hydrogens (tertiary/aromatic N) is 2. The van der Waals surface area contributed by atoms with Crippen LogP contribution in [0.3, 0.4) is 0 Å². The molecule has 3 aromatic rings. The number of β-lactam (4-membered cyclic amide) rings is 1. The molecule has 8 nitrogen and oxygen atoms in total. The van der Waals surface area contributed by atoms with E-state index in [1.807, 2.05) is 0 Å². The van der Waals surface area contributed by atoms with Crippen molar-refractivity contribution in [3.63, 3.8) is 0 Å². The Morgan fingerprint density at radius 3 is 1.83 bits per heavy atom. The number of fused-ring (bicyclic) bond motifs is 1. The Labute approximate surface area is 206 Å². The van der Waals surface area contributed by atoms with Gasteiger partial charge in [-0.05, 0) is 54.4 Å². The number of halogens is 1. The van der Waals surface area contributed by atoms with Gasteiger partial charge in [0.05, 0.1) is 38.5 Å². The highest BCUT2D eigenvalue weighted by Crippen LogP contribution is 2.48. The van der Waals surface area contributed by atoms with Gasteiger partial charge in [0.25, 0.3) is 17.7 Å². The molecule has 0 bridgehead atoms. The number of carbonyl (C=O) groups is 3. The molecule has 1 saturated heterocycles. The topological polar surface area (TPSA) is 85.4 Å². The molecule has 0 aromatic heterocycles. The Morgan fingerprint density at radius 2 is 1.33 bits per heavy atom. The minimum Gasteiger partial charge on any atom is -0.493 e. The van der Waals surface area contributed by atoms with Gasteiger partial charge < -0.3 is 19.1 Å². The number of ether oxygens (including phenoxy) is 3. The van der Waals surface area contributed by atoms with Gasteiger partial charge in [-0.15, -0.1) is 0 Å². The molecule has 0 spiro atoms. The first-order chi connectivity index (χ1) is 17.3. The van der Waals surface area contributed by atoms with E-state index in [9.17, 15) is 18.8 Å². The van der Waals surface area contributed by atoms with E-state index in [0.29, 0.717) is 34.1 Å². The fourth-order valence-electron chi connectivity index (χ4n) is 4.81. The Balaban J connectivity index is 1.66. The van der Waals surface area contributed by atoms with Crippen molar-refractivity contribution in [2.24, 2.45) is 0 Å². The Bertz CT molecular complexity index is 1360. The lowest BCUT2D eigenvalue weighted by atomic mass is 9.85. The number of hydrogen-bond acceptors (Lipinski definition) is 6. The summed E-state index contributed by atoms with van der Waals surface area (Å²) in [6, 6.07) is 12.2. The maximum atomic E-state index is 14.5. The van der Waals surface area contributed by atoms with E-state index in [1.54, 1.807) is 55.5 Å². The zero-order chi connectivity index (χ0) is 25.7. The van der Waals surface area contributed by atoms with Crippen LogP contribution in [0.4, 0.5) is 10.1 Å². The van der Waals surface area contributed by atoms with E-state index in [1.165, 1.54) is 32.3 Å². The van der Waals surface area contributed by atoms with Crippen LogP contribution in [0.2, 0.25) is 0 Å². The number of anilines is 1. The molecule has 2 unspecified atom stereocenters. The second-order valence-corrected chi connectivity index (χ2v) is 8.52. The van der Waals surface area contributed by atoms with Gasteiger partial charge in [0, 0.05) is 5.69 Å². The molecule has 2 aliphatic heterocycles. The highest BCUT2D eigenvalue weighted by molar-refractivity contribution is 6.24. The number of benzene rings is 3. The largest absolute Gasteiger partial charge is 0.493 e. The van der Waals surface area contributed by atoms with Gasteiger partial charge in [-0.2, -0.15) is 0 Å². The fourth-order valence-corrected chi connectivity index (χ4v) is 4.81. The number of carbonyl (C=O) groups excluding carboxylic acids is 3. The van der Waals surface area contributed by atoms with E-state index in [2.05, 4.69) is 0 Å². The molecule has 5 rings (SSSR count). The zero-order valence-corrected chi connectivity index (χ0v) is 20.1. The van der Waals surface area contributed by atoms with Crippen LogP contribution in [0, 0.1) is 12.7 Å². The van der Waals surface area contributed by atoms with Crippen LogP contribution in [0.5, 0.6) is 17.2 Å². The molecule has 36 heavy (non-hydrogen) atoms. The van der Waals surface area contributed by atoms with Crippen LogP contribution in [0.15, 0.2) is 54.6 Å². The molecule has 2 heterocycles. The van der Waals surface area contributed by atoms with Gasteiger partial charge in [0.15, 0.2) is 11.5 Å². The van der Waals surface area contributed by atoms with E-state index in [4.69, 9.17) is 14.2 Å². The third-order valence-corrected chi connectivity index (χ3v) is 6.63. The van der Waals surface area contributed by atoms with Crippen molar-refractivity contribution < 1.29 is 33.0 Å². The summed E-state index contributed by atoms with van der Waals surface area (Å²) in [6.45, 7) is 1.62. The molecule has 3 amide bonds. The fraction of sp³-hybridized carbons (Fsp3) is 0.222. The van der Waals surface area contributed by atoms with Crippen LogP contribution >= 0.6 is 0 Å². The van der Waals surface area contributed by atoms with Crippen molar-refractivity contribution in [1.29, 1.82) is 0 Å². The molecular weight excluding hydrogens is 467 g/mol. The van der Waals surface area contributed by atoms with Crippen molar-refractivity contribution in [2.45, 2.75) is 19.0 Å². The van der Waals surface area contributed by atoms with Crippen molar-refractivity contribution in [1.82, 2.24) is 4.90 Å². The summed E-state index contributed by atoms with van der Waals surface area (Å²) in [4.78, 5) is 42.4. The lowest BCUT2D eigenvalue weighted by molar-refractivity contribution is -0.130. The molecule has 2 atom stereocenters. The first kappa shape index (κ1) is 23.3. The number of rotatable bonds is 6. The van der Waals surface area contributed by atoms with Gasteiger partial charge in [0.1, 0.15) is 11.9 Å². The summed E-state index contributed by atoms with van der Waals surface area (Å²) >= 11 is 0. The third-order valence-electron chi connectivity index (χ3n) is 6.63. The van der Waals surface area contributed by atoms with E-state index >= 15 is 0 Å². The van der Waals surface area contributed by atoms with E-state index < -0.39 is 35.6 Å². The van der Waals surface area contributed by atoms with Crippen LogP contribution in [-0.2, 0) is 4.79 Å². The van der Waals surface area contributed by atoms with Crippen LogP contribution in [-0.4, -0.2) is 50.0 Å². The number of aryl methyl sites for hydroxylation is 1. The quantitative estimate of drug-likeness (QED) is 0.385. The normalized spacial score (nSPS) is 18.8. The smallest absolute Gasteiger partial charge is 0.262 e. The van der Waals surface area contributed by atoms with Gasteiger partial charge in [-0.25, -0.2) is 4.39 Å². The molecule has 0 aliphatic carbocycles. The SMILES string of the molecule is COc1cc(C2C(N3C(=O)c4ccccc4C3=O)C(=O)N2c2ccc(C)c(F)c2)cc(OC)c1OC. The second kappa shape index (κ2) is 8.67. The van der Waals surface area contributed by atoms with Gasteiger partial charge in [-0.1, -0.05) is 18.2 Å². The van der Waals surface area contributed by atoms with Gasteiger partial charge in [-0.3, -0.25) is 19.3 Å². The summed E-state index contributed by atoms with van der Waals surface area (Å²) in [5, 5.41) is 0. The summed E-state index contributed by atoms with van der Waals surface area (Å²) < 4.78 is 30.8. The maximum absolute atomic E-state index is 14.5. The van der Waals surface area contributed by atoms with Crippen molar-refractivity contribution in [2.75, 3.05) is 26.2 Å². The number of hydrogen-bond donors (Lipinski definition) is 0. The first-order valence-electron chi connectivity index (χ1n) is 11.2. The van der Waals surface area contributed by atoms with Crippen molar-refractivity contribution in [3.8, 4) is 17.2 Å². The van der Waals surface area contributed by atoms with Crippen molar-refractivity contribution >= 4 is 23.4 Å². The standard InChI is InChI=1S/C27H23FN2O6/c1-14-9-10-16(13-19(14)28)29-22(15-11-20(34-2)24(36-4)21(12-15)35-3)23(27(29)33)30-25(31)17-7-5-6-8-18(17)26(30)32/h5-13,22-23H,1-4H3. The molecular formula is C27H23FN2O6. The predicted molar refractivity (Wildman–Crippen MR) is 128 cm³/mol. The summed E-state index contributed by atoms with van der Waals surface area (Å²) in [5.74, 6) is -1.08. The van der Waals surface area contributed by atoms with Crippen LogP contribution in [0.1, 0.15) is 37.9 Å². The zero-order valence-electron chi connectivity index (χ0n) is 20.1. The molecule has 3 aromatic carbocycles. The Kier molecular flexibility index (Phi) is 5.62. The average Bonchev–Trinajstić information content (AvgIpc) is 3.13. The second-order valence-electron chi connectivity index (χ2n) is 8.52. The number of imide groups is 1. The van der Waals surface area contributed by atoms with Crippen molar-refractivity contribution in [3.05, 3.63) is 82.7 Å². The molecule has 9 heteroatoms. The third kappa shape index (κ3) is 3.30. The molecule has 0 N–H and O–H groups in total. The Hall–Kier alpha value is -4.40. The predicted octanol–water partition coefficient (Wildman–Crippen LogP) is 3.91. The summed E-state index contributed by atoms with van der Waals surface area (Å²) in [7, 11) is 4.39. The molecule has 2 aliphatic rings. The first-order valence-corrected chi connectivity index (χ1v) is 11.2. The Morgan fingerprint density at radius 1 is 0.750 bits per heavy atom. The lowest BCUT2D eigenvalue weighted by Crippen LogP contribution is -2.67. The summed E-state index contributed by atoms with van der Waals surface area (Å²) in [6.07, 6.45) is 0. The molecule has 1 fully saturated rings. The van der Waals surface area contributed by atoms with Crippen LogP contribution < -0.4 is 19.1 Å². The molecule has 0 saturated carbocycles. The number of methoxy groups -OCH3 is 3. The van der Waals surface area contributed by atoms with E-state index in [0.717, 1.165) is 4.90 Å². The van der Waals surface area contributed by atoms with E-state index in [-0.39, 0.29) is 11.1 Å². The monoisotopic (exact) mass is 490 g/mol. The minimum atomic E-state index is -1.15. The maximum Gasteiger partial charge on any atom is 0.262 e. The van der Waals surface area contributed by atoms with Gasteiger partial charge >= 0.3 is 0 Å². The highest BCUT2D eigenvalue weighted by Gasteiger charge is 2.57. The lowest BCUT2D eigenvalue weighted by Gasteiger charge is -2.49. The van der Waals surface area contributed by atoms with Gasteiger partial charge in [0.2, 0.25) is 5.75 Å². The molecule has 184 valence electrons. The highest BCUT2D eigenvalue weighted by atomic mass is 19.1. The summed E-state index contributed by atoms with van der Waals surface area (Å²) in [5.41, 5.74) is 1.71. The van der Waals surface area contributed by atoms with Crippen LogP contribution in [0.25, 0.3) is 0 Å². The number of amides is 3.